The van der Waals surface area contributed by atoms with Crippen LogP contribution in [0, 0.1) is 11.7 Å². The van der Waals surface area contributed by atoms with Crippen molar-refractivity contribution in [3.05, 3.63) is 53.6 Å². The fourth-order valence-electron chi connectivity index (χ4n) is 4.34. The van der Waals surface area contributed by atoms with E-state index in [1.807, 2.05) is 35.1 Å². The van der Waals surface area contributed by atoms with Crippen molar-refractivity contribution in [3.8, 4) is 0 Å². The van der Waals surface area contributed by atoms with Crippen LogP contribution in [0.4, 0.5) is 4.39 Å². The number of aryl methyl sites for hydroxylation is 1. The molecule has 1 amide bonds. The summed E-state index contributed by atoms with van der Waals surface area (Å²) < 4.78 is 15.5. The molecule has 1 aromatic heterocycles. The molecule has 0 radical (unpaired) electrons. The highest BCUT2D eigenvalue weighted by molar-refractivity contribution is 5.89. The van der Waals surface area contributed by atoms with Crippen LogP contribution in [0.3, 0.4) is 0 Å². The summed E-state index contributed by atoms with van der Waals surface area (Å²) in [5, 5.41) is 4.22. The molecule has 1 saturated heterocycles. The van der Waals surface area contributed by atoms with Gasteiger partial charge in [0.25, 0.3) is 0 Å². The van der Waals surface area contributed by atoms with E-state index in [0.29, 0.717) is 5.92 Å². The minimum absolute atomic E-state index is 0.193. The van der Waals surface area contributed by atoms with Crippen LogP contribution in [0.5, 0.6) is 0 Å². The van der Waals surface area contributed by atoms with Gasteiger partial charge in [-0.25, -0.2) is 4.39 Å². The van der Waals surface area contributed by atoms with Crippen molar-refractivity contribution >= 4 is 5.91 Å². The van der Waals surface area contributed by atoms with E-state index in [0.717, 1.165) is 50.8 Å². The largest absolute Gasteiger partial charge is 0.342 e. The van der Waals surface area contributed by atoms with Gasteiger partial charge in [-0.3, -0.25) is 9.48 Å². The smallest absolute Gasteiger partial charge is 0.233 e. The maximum Gasteiger partial charge on any atom is 0.233 e. The zero-order valence-corrected chi connectivity index (χ0v) is 14.6. The molecule has 1 saturated carbocycles. The van der Waals surface area contributed by atoms with E-state index in [9.17, 15) is 9.18 Å². The second kappa shape index (κ2) is 6.28. The number of nitrogens with zero attached hydrogens (tertiary/aromatic N) is 3. The number of hydrogen-bond acceptors (Lipinski definition) is 2. The maximum absolute atomic E-state index is 13.7. The Hall–Kier alpha value is -2.17. The number of carbonyl (C=O) groups is 1. The summed E-state index contributed by atoms with van der Waals surface area (Å²) >= 11 is 0. The van der Waals surface area contributed by atoms with Crippen molar-refractivity contribution in [2.75, 3.05) is 13.1 Å². The molecule has 2 aromatic rings. The number of rotatable bonds is 4. The van der Waals surface area contributed by atoms with E-state index in [-0.39, 0.29) is 11.7 Å². The van der Waals surface area contributed by atoms with E-state index in [2.05, 4.69) is 5.10 Å². The van der Waals surface area contributed by atoms with Gasteiger partial charge in [-0.1, -0.05) is 18.6 Å². The summed E-state index contributed by atoms with van der Waals surface area (Å²) in [7, 11) is 1.92. The lowest BCUT2D eigenvalue weighted by atomic mass is 9.63. The molecular formula is C20H24FN3O. The van der Waals surface area contributed by atoms with E-state index in [1.165, 1.54) is 11.6 Å². The average molecular weight is 341 g/mol. The zero-order valence-electron chi connectivity index (χ0n) is 14.6. The molecule has 0 N–H and O–H groups in total. The van der Waals surface area contributed by atoms with Crippen molar-refractivity contribution in [2.24, 2.45) is 13.0 Å². The lowest BCUT2D eigenvalue weighted by Gasteiger charge is -2.43. The number of aromatic nitrogens is 2. The van der Waals surface area contributed by atoms with Gasteiger partial charge in [0.1, 0.15) is 5.82 Å². The highest BCUT2D eigenvalue weighted by Gasteiger charge is 2.48. The Morgan fingerprint density at radius 2 is 2.24 bits per heavy atom. The molecule has 1 atom stereocenters. The molecule has 0 unspecified atom stereocenters. The highest BCUT2D eigenvalue weighted by Crippen LogP contribution is 2.46. The average Bonchev–Trinajstić information content (AvgIpc) is 3.16. The van der Waals surface area contributed by atoms with Crippen LogP contribution in [-0.4, -0.2) is 33.7 Å². The number of amides is 1. The molecule has 5 heteroatoms. The van der Waals surface area contributed by atoms with Gasteiger partial charge in [-0.05, 0) is 54.9 Å². The lowest BCUT2D eigenvalue weighted by molar-refractivity contribution is -0.140. The molecule has 4 nitrogen and oxygen atoms in total. The van der Waals surface area contributed by atoms with Crippen LogP contribution in [0.2, 0.25) is 0 Å². The summed E-state index contributed by atoms with van der Waals surface area (Å²) in [6.07, 6.45) is 8.65. The van der Waals surface area contributed by atoms with Crippen molar-refractivity contribution in [2.45, 2.75) is 37.5 Å². The van der Waals surface area contributed by atoms with Crippen LogP contribution in [-0.2, 0) is 23.7 Å². The third kappa shape index (κ3) is 2.96. The molecule has 1 aliphatic carbocycles. The molecular weight excluding hydrogens is 317 g/mol. The zero-order chi connectivity index (χ0) is 17.4. The molecule has 132 valence electrons. The molecule has 25 heavy (non-hydrogen) atoms. The predicted octanol–water partition coefficient (Wildman–Crippen LogP) is 3.07. The van der Waals surface area contributed by atoms with Gasteiger partial charge < -0.3 is 4.90 Å². The van der Waals surface area contributed by atoms with Crippen LogP contribution in [0.15, 0.2) is 36.7 Å². The van der Waals surface area contributed by atoms with Crippen LogP contribution in [0.1, 0.15) is 36.8 Å². The summed E-state index contributed by atoms with van der Waals surface area (Å²) in [5.74, 6) is 0.420. The Labute approximate surface area is 147 Å². The first-order valence-corrected chi connectivity index (χ1v) is 9.10. The van der Waals surface area contributed by atoms with Crippen LogP contribution < -0.4 is 0 Å². The minimum Gasteiger partial charge on any atom is -0.342 e. The summed E-state index contributed by atoms with van der Waals surface area (Å²) in [5.41, 5.74) is 1.58. The number of halogens is 1. The monoisotopic (exact) mass is 341 g/mol. The van der Waals surface area contributed by atoms with E-state index < -0.39 is 5.41 Å². The normalized spacial score (nSPS) is 22.0. The molecule has 1 aliphatic heterocycles. The molecule has 2 fully saturated rings. The third-order valence-electron chi connectivity index (χ3n) is 5.85. The van der Waals surface area contributed by atoms with Crippen molar-refractivity contribution < 1.29 is 9.18 Å². The Kier molecular flexibility index (Phi) is 4.10. The van der Waals surface area contributed by atoms with Crippen molar-refractivity contribution in [1.82, 2.24) is 14.7 Å². The Balaban J connectivity index is 1.47. The second-order valence-electron chi connectivity index (χ2n) is 7.58. The maximum atomic E-state index is 13.7. The standard InChI is InChI=1S/C20H24FN3O/c1-23-13-16(12-22-23)10-15-6-9-24(14-15)19(25)20(7-3-8-20)17-4-2-5-18(21)11-17/h2,4-5,11-13,15H,3,6-10,14H2,1H3/t15-/m1/s1. The van der Waals surface area contributed by atoms with Gasteiger partial charge in [0, 0.05) is 26.3 Å². The van der Waals surface area contributed by atoms with Gasteiger partial charge in [-0.15, -0.1) is 0 Å². The SMILES string of the molecule is Cn1cc(C[C@H]2CCN(C(=O)C3(c4cccc(F)c4)CCC3)C2)cn1. The fraction of sp³-hybridized carbons (Fsp3) is 0.500. The van der Waals surface area contributed by atoms with Crippen molar-refractivity contribution in [3.63, 3.8) is 0 Å². The van der Waals surface area contributed by atoms with Gasteiger partial charge in [-0.2, -0.15) is 5.10 Å². The summed E-state index contributed by atoms with van der Waals surface area (Å²) in [6.45, 7) is 1.60. The van der Waals surface area contributed by atoms with E-state index in [1.54, 1.807) is 12.1 Å². The topological polar surface area (TPSA) is 38.1 Å². The second-order valence-corrected chi connectivity index (χ2v) is 7.58. The summed E-state index contributed by atoms with van der Waals surface area (Å²) in [6, 6.07) is 6.61. The lowest BCUT2D eigenvalue weighted by Crippen LogP contribution is -2.50. The Morgan fingerprint density at radius 3 is 2.88 bits per heavy atom. The number of hydrogen-bond donors (Lipinski definition) is 0. The first-order chi connectivity index (χ1) is 12.1. The Morgan fingerprint density at radius 1 is 1.40 bits per heavy atom. The van der Waals surface area contributed by atoms with Gasteiger partial charge >= 0.3 is 0 Å². The molecule has 2 aliphatic rings. The van der Waals surface area contributed by atoms with Gasteiger partial charge in [0.2, 0.25) is 5.91 Å². The van der Waals surface area contributed by atoms with Crippen LogP contribution in [0.25, 0.3) is 0 Å². The number of benzene rings is 1. The molecule has 2 heterocycles. The Bertz CT molecular complexity index is 781. The van der Waals surface area contributed by atoms with Crippen molar-refractivity contribution in [1.29, 1.82) is 0 Å². The molecule has 0 bridgehead atoms. The molecule has 0 spiro atoms. The van der Waals surface area contributed by atoms with E-state index in [4.69, 9.17) is 0 Å². The third-order valence-corrected chi connectivity index (χ3v) is 5.85. The number of carbonyl (C=O) groups excluding carboxylic acids is 1. The fourth-order valence-corrected chi connectivity index (χ4v) is 4.34. The molecule has 4 rings (SSSR count). The highest BCUT2D eigenvalue weighted by atomic mass is 19.1. The minimum atomic E-state index is -0.495. The first kappa shape index (κ1) is 16.3. The predicted molar refractivity (Wildman–Crippen MR) is 93.5 cm³/mol. The van der Waals surface area contributed by atoms with Gasteiger partial charge in [0.05, 0.1) is 11.6 Å². The quantitative estimate of drug-likeness (QED) is 0.857. The van der Waals surface area contributed by atoms with E-state index >= 15 is 0 Å². The first-order valence-electron chi connectivity index (χ1n) is 9.10. The number of likely N-dealkylation sites (tertiary alicyclic amines) is 1. The van der Waals surface area contributed by atoms with Crippen LogP contribution >= 0.6 is 0 Å². The molecule has 1 aromatic carbocycles. The summed E-state index contributed by atoms with van der Waals surface area (Å²) in [4.78, 5) is 15.3. The van der Waals surface area contributed by atoms with Gasteiger partial charge in [0.15, 0.2) is 0 Å².